The van der Waals surface area contributed by atoms with Crippen LogP contribution in [0.25, 0.3) is 10.3 Å². The Morgan fingerprint density at radius 1 is 1.21 bits per heavy atom. The molecule has 0 unspecified atom stereocenters. The number of rotatable bonds is 4. The van der Waals surface area contributed by atoms with Crippen molar-refractivity contribution >= 4 is 53.4 Å². The van der Waals surface area contributed by atoms with Crippen LogP contribution in [0.4, 0.5) is 5.69 Å². The first-order valence-electron chi connectivity index (χ1n) is 6.18. The van der Waals surface area contributed by atoms with Crippen LogP contribution in [-0.4, -0.2) is 13.3 Å². The SMILES string of the molecule is O=c1oc2cc(OS(=O)(=O)c3ccc([N+](=O)[O-])cc3)c(Br)cc2s1. The Bertz CT molecular complexity index is 1100. The van der Waals surface area contributed by atoms with Gasteiger partial charge in [-0.1, -0.05) is 11.3 Å². The van der Waals surface area contributed by atoms with Crippen LogP contribution < -0.4 is 9.12 Å². The zero-order chi connectivity index (χ0) is 17.5. The highest BCUT2D eigenvalue weighted by Gasteiger charge is 2.20. The molecule has 1 aromatic heterocycles. The van der Waals surface area contributed by atoms with Gasteiger partial charge in [0, 0.05) is 18.2 Å². The Hall–Kier alpha value is -2.24. The molecule has 0 amide bonds. The second-order valence-electron chi connectivity index (χ2n) is 4.47. The Morgan fingerprint density at radius 2 is 1.88 bits per heavy atom. The van der Waals surface area contributed by atoms with Crippen LogP contribution in [0.15, 0.2) is 55.0 Å². The number of nitrogens with zero attached hydrogens (tertiary/aromatic N) is 1. The summed E-state index contributed by atoms with van der Waals surface area (Å²) in [6, 6.07) is 7.06. The van der Waals surface area contributed by atoms with Gasteiger partial charge in [-0.15, -0.1) is 0 Å². The number of hydrogen-bond donors (Lipinski definition) is 0. The number of fused-ring (bicyclic) bond motifs is 1. The van der Waals surface area contributed by atoms with Crippen molar-refractivity contribution in [3.8, 4) is 5.75 Å². The summed E-state index contributed by atoms with van der Waals surface area (Å²) < 4.78 is 35.4. The molecule has 0 N–H and O–H groups in total. The second kappa shape index (κ2) is 6.00. The molecule has 0 aliphatic carbocycles. The molecular formula is C13H6BrNO7S2. The van der Waals surface area contributed by atoms with Gasteiger partial charge in [-0.2, -0.15) is 8.42 Å². The van der Waals surface area contributed by atoms with E-state index < -0.39 is 20.0 Å². The Balaban J connectivity index is 1.98. The van der Waals surface area contributed by atoms with E-state index in [0.717, 1.165) is 35.6 Å². The van der Waals surface area contributed by atoms with E-state index in [2.05, 4.69) is 15.9 Å². The van der Waals surface area contributed by atoms with Crippen LogP contribution in [0, 0.1) is 10.1 Å². The van der Waals surface area contributed by atoms with Gasteiger partial charge in [-0.25, -0.2) is 4.79 Å². The third-order valence-corrected chi connectivity index (χ3v) is 5.58. The van der Waals surface area contributed by atoms with E-state index in [1.165, 1.54) is 12.1 Å². The summed E-state index contributed by atoms with van der Waals surface area (Å²) in [5.41, 5.74) is -0.0429. The van der Waals surface area contributed by atoms with Crippen LogP contribution in [0.2, 0.25) is 0 Å². The first-order chi connectivity index (χ1) is 11.3. The van der Waals surface area contributed by atoms with Crippen LogP contribution in [0.1, 0.15) is 0 Å². The van der Waals surface area contributed by atoms with E-state index in [1.54, 1.807) is 0 Å². The van der Waals surface area contributed by atoms with Crippen LogP contribution in [0.3, 0.4) is 0 Å². The van der Waals surface area contributed by atoms with Gasteiger partial charge >= 0.3 is 15.1 Å². The summed E-state index contributed by atoms with van der Waals surface area (Å²) in [7, 11) is -4.21. The predicted molar refractivity (Wildman–Crippen MR) is 89.0 cm³/mol. The molecule has 0 aliphatic heterocycles. The van der Waals surface area contributed by atoms with E-state index in [9.17, 15) is 23.3 Å². The van der Waals surface area contributed by atoms with E-state index in [4.69, 9.17) is 8.60 Å². The Kier molecular flexibility index (Phi) is 4.15. The summed E-state index contributed by atoms with van der Waals surface area (Å²) in [4.78, 5) is 20.4. The van der Waals surface area contributed by atoms with Crippen molar-refractivity contribution in [2.24, 2.45) is 0 Å². The van der Waals surface area contributed by atoms with E-state index in [1.807, 2.05) is 0 Å². The first kappa shape index (κ1) is 16.6. The van der Waals surface area contributed by atoms with Gasteiger partial charge in [0.15, 0.2) is 11.3 Å². The average Bonchev–Trinajstić information content (AvgIpc) is 2.86. The molecular weight excluding hydrogens is 426 g/mol. The summed E-state index contributed by atoms with van der Waals surface area (Å²) in [6.45, 7) is 0. The van der Waals surface area contributed by atoms with Gasteiger partial charge in [-0.3, -0.25) is 10.1 Å². The maximum atomic E-state index is 12.3. The average molecular weight is 432 g/mol. The maximum absolute atomic E-state index is 12.3. The smallest absolute Gasteiger partial charge is 0.396 e. The van der Waals surface area contributed by atoms with Gasteiger partial charge < -0.3 is 8.60 Å². The number of hydrogen-bond acceptors (Lipinski definition) is 8. The van der Waals surface area contributed by atoms with Gasteiger partial charge in [0.25, 0.3) is 5.69 Å². The second-order valence-corrected chi connectivity index (χ2v) is 7.85. The van der Waals surface area contributed by atoms with Crippen LogP contribution in [-0.2, 0) is 10.1 Å². The molecule has 0 atom stereocenters. The molecule has 3 rings (SSSR count). The normalized spacial score (nSPS) is 11.5. The number of nitro groups is 1. The molecule has 0 radical (unpaired) electrons. The van der Waals surface area contributed by atoms with Crippen molar-refractivity contribution < 1.29 is 21.9 Å². The lowest BCUT2D eigenvalue weighted by Gasteiger charge is -2.08. The van der Waals surface area contributed by atoms with Gasteiger partial charge in [0.1, 0.15) is 4.90 Å². The van der Waals surface area contributed by atoms with Crippen molar-refractivity contribution in [2.45, 2.75) is 4.90 Å². The van der Waals surface area contributed by atoms with Crippen LogP contribution >= 0.6 is 27.3 Å². The van der Waals surface area contributed by atoms with E-state index >= 15 is 0 Å². The zero-order valence-corrected chi connectivity index (χ0v) is 14.7. The van der Waals surface area contributed by atoms with Gasteiger partial charge in [0.05, 0.1) is 14.1 Å². The highest BCUT2D eigenvalue weighted by molar-refractivity contribution is 9.10. The minimum Gasteiger partial charge on any atom is -0.414 e. The maximum Gasteiger partial charge on any atom is 0.396 e. The molecule has 0 saturated heterocycles. The molecule has 0 spiro atoms. The van der Waals surface area contributed by atoms with Crippen molar-refractivity contribution in [1.82, 2.24) is 0 Å². The molecule has 124 valence electrons. The monoisotopic (exact) mass is 431 g/mol. The van der Waals surface area contributed by atoms with Crippen molar-refractivity contribution in [3.05, 3.63) is 60.7 Å². The standard InChI is InChI=1S/C13H6BrNO7S2/c14-9-5-12-11(21-13(16)23-12)6-10(9)22-24(19,20)8-3-1-7(2-4-8)15(17)18/h1-6H. The third kappa shape index (κ3) is 3.18. The quantitative estimate of drug-likeness (QED) is 0.353. The fourth-order valence-electron chi connectivity index (χ4n) is 1.84. The molecule has 0 bridgehead atoms. The van der Waals surface area contributed by atoms with Gasteiger partial charge in [-0.05, 0) is 34.1 Å². The molecule has 1 heterocycles. The number of non-ortho nitro benzene ring substituents is 1. The van der Waals surface area contributed by atoms with Crippen LogP contribution in [0.5, 0.6) is 5.75 Å². The minimum atomic E-state index is -4.21. The number of halogens is 1. The molecule has 8 nitrogen and oxygen atoms in total. The Labute approximate surface area is 146 Å². The third-order valence-electron chi connectivity index (χ3n) is 2.92. The molecule has 24 heavy (non-hydrogen) atoms. The van der Waals surface area contributed by atoms with E-state index in [-0.39, 0.29) is 21.9 Å². The predicted octanol–water partition coefficient (Wildman–Crippen LogP) is 3.29. The molecule has 0 saturated carbocycles. The Morgan fingerprint density at radius 3 is 2.50 bits per heavy atom. The molecule has 0 aliphatic rings. The summed E-state index contributed by atoms with van der Waals surface area (Å²) in [6.07, 6.45) is 0. The fourth-order valence-corrected chi connectivity index (χ4v) is 4.15. The lowest BCUT2D eigenvalue weighted by atomic mass is 10.3. The van der Waals surface area contributed by atoms with Crippen molar-refractivity contribution in [1.29, 1.82) is 0 Å². The van der Waals surface area contributed by atoms with Gasteiger partial charge in [0.2, 0.25) is 0 Å². The summed E-state index contributed by atoms with van der Waals surface area (Å²) in [5.74, 6) is -0.0672. The molecule has 11 heteroatoms. The first-order valence-corrected chi connectivity index (χ1v) is 9.20. The largest absolute Gasteiger partial charge is 0.414 e. The highest BCUT2D eigenvalue weighted by Crippen LogP contribution is 2.33. The highest BCUT2D eigenvalue weighted by atomic mass is 79.9. The molecule has 0 fully saturated rings. The van der Waals surface area contributed by atoms with Crippen molar-refractivity contribution in [2.75, 3.05) is 0 Å². The number of benzene rings is 2. The zero-order valence-electron chi connectivity index (χ0n) is 11.5. The van der Waals surface area contributed by atoms with Crippen molar-refractivity contribution in [3.63, 3.8) is 0 Å². The summed E-state index contributed by atoms with van der Waals surface area (Å²) in [5, 5.41) is 10.6. The minimum absolute atomic E-state index is 0.0672. The topological polar surface area (TPSA) is 117 Å². The molecule has 3 aromatic rings. The number of nitro benzene ring substituents is 1. The van der Waals surface area contributed by atoms with E-state index in [0.29, 0.717) is 9.17 Å². The lowest BCUT2D eigenvalue weighted by Crippen LogP contribution is -2.10. The fraction of sp³-hybridized carbons (Fsp3) is 0. The lowest BCUT2D eigenvalue weighted by molar-refractivity contribution is -0.384. The summed E-state index contributed by atoms with van der Waals surface area (Å²) >= 11 is 4.04. The molecule has 2 aromatic carbocycles.